The maximum absolute atomic E-state index is 3.21. The van der Waals surface area contributed by atoms with Crippen LogP contribution in [-0.4, -0.2) is 28.3 Å². The minimum absolute atomic E-state index is 0.0259. The topological polar surface area (TPSA) is 14.3 Å². The Morgan fingerprint density at radius 2 is 0.843 bits per heavy atom. The zero-order chi connectivity index (χ0) is 57.8. The van der Waals surface area contributed by atoms with Gasteiger partial charge in [0.2, 0.25) is 0 Å². The summed E-state index contributed by atoms with van der Waals surface area (Å²) in [5, 5.41) is 17.1. The van der Waals surface area contributed by atoms with Crippen molar-refractivity contribution >= 4 is 134 Å². The summed E-state index contributed by atoms with van der Waals surface area (Å²) in [5.74, 6) is 0. The van der Waals surface area contributed by atoms with Gasteiger partial charge in [-0.3, -0.25) is 0 Å². The van der Waals surface area contributed by atoms with Gasteiger partial charge >= 0.3 is 0 Å². The van der Waals surface area contributed by atoms with Crippen molar-refractivity contribution in [2.45, 2.75) is 157 Å². The van der Waals surface area contributed by atoms with Gasteiger partial charge in [0, 0.05) is 60.0 Å². The average molecular weight is 1090 g/mol. The number of para-hydroxylation sites is 1. The summed E-state index contributed by atoms with van der Waals surface area (Å²) >= 11 is 0. The van der Waals surface area contributed by atoms with Gasteiger partial charge in [0.25, 0.3) is 6.71 Å². The molecule has 4 aromatic heterocycles. The highest BCUT2D eigenvalue weighted by atomic mass is 28.3. The molecule has 3 nitrogen and oxygen atoms in total. The summed E-state index contributed by atoms with van der Waals surface area (Å²) in [6, 6.07) is 56.1. The highest BCUT2D eigenvalue weighted by Crippen LogP contribution is 2.50. The molecule has 0 unspecified atom stereocenters. The van der Waals surface area contributed by atoms with Crippen molar-refractivity contribution in [3.63, 3.8) is 0 Å². The zero-order valence-electron chi connectivity index (χ0n) is 52.1. The predicted molar refractivity (Wildman–Crippen MR) is 363 cm³/mol. The van der Waals surface area contributed by atoms with Crippen LogP contribution in [0.2, 0.25) is 0 Å². The second-order valence-corrected chi connectivity index (χ2v) is 35.9. The van der Waals surface area contributed by atoms with Gasteiger partial charge in [-0.15, -0.1) is 0 Å². The summed E-state index contributed by atoms with van der Waals surface area (Å²) < 4.78 is 8.32. The Bertz CT molecular complexity index is 5130. The molecular formula is C78H76BN3Si. The van der Waals surface area contributed by atoms with Crippen LogP contribution in [0, 0.1) is 0 Å². The van der Waals surface area contributed by atoms with Crippen LogP contribution in [0.15, 0.2) is 133 Å². The van der Waals surface area contributed by atoms with E-state index in [2.05, 4.69) is 272 Å². The van der Waals surface area contributed by atoms with Crippen LogP contribution < -0.4 is 37.1 Å². The van der Waals surface area contributed by atoms with E-state index in [-0.39, 0.29) is 39.2 Å². The van der Waals surface area contributed by atoms with E-state index in [4.69, 9.17) is 0 Å². The predicted octanol–water partition coefficient (Wildman–Crippen LogP) is 15.6. The maximum atomic E-state index is 2.86. The molecule has 4 aliphatic rings. The molecule has 1 spiro atoms. The van der Waals surface area contributed by atoms with Crippen LogP contribution in [0.4, 0.5) is 0 Å². The Balaban J connectivity index is 1.13. The van der Waals surface area contributed by atoms with Crippen molar-refractivity contribution in [1.82, 2.24) is 13.5 Å². The van der Waals surface area contributed by atoms with Crippen molar-refractivity contribution in [2.24, 2.45) is 0 Å². The fourth-order valence-electron chi connectivity index (χ4n) is 16.6. The van der Waals surface area contributed by atoms with Gasteiger partial charge in [-0.2, -0.15) is 0 Å². The first-order chi connectivity index (χ1) is 39.0. The molecule has 0 atom stereocenters. The molecule has 0 bridgehead atoms. The minimum atomic E-state index is -3.21. The Morgan fingerprint density at radius 1 is 0.325 bits per heavy atom. The van der Waals surface area contributed by atoms with E-state index >= 15 is 0 Å². The Hall–Kier alpha value is -7.34. The Morgan fingerprint density at radius 3 is 1.47 bits per heavy atom. The molecule has 17 rings (SSSR count). The fraction of sp³-hybridized carbons (Fsp3) is 0.308. The molecule has 13 aromatic rings. The van der Waals surface area contributed by atoms with E-state index in [0.29, 0.717) is 0 Å². The maximum Gasteiger partial charge on any atom is 0.252 e. The first-order valence-corrected chi connectivity index (χ1v) is 32.9. The van der Waals surface area contributed by atoms with Crippen molar-refractivity contribution in [1.29, 1.82) is 0 Å². The SMILES string of the molecule is CC(C)(C)c1ccc2c(c1)[Si]1(c3cc(C(C)(C)C)ccc3-2)c2ccc3c4c2-n2c5c(cc(C(C)(C)C)cc5c5cc(C(C)(C)C)cc1c52)B4c1cc2c(c4cccc5c6cc(C(C)(C)C)ccc6n2c54)c2c4ccc(C(C)(C)C)cc4n-3c12. The third-order valence-electron chi connectivity index (χ3n) is 21.0. The second kappa shape index (κ2) is 14.9. The molecule has 5 heteroatoms. The Kier molecular flexibility index (Phi) is 9.04. The van der Waals surface area contributed by atoms with Crippen LogP contribution in [-0.2, 0) is 32.5 Å². The molecule has 0 radical (unpaired) electrons. The van der Waals surface area contributed by atoms with E-state index in [1.54, 1.807) is 15.6 Å². The third-order valence-corrected chi connectivity index (χ3v) is 25.9. The van der Waals surface area contributed by atoms with E-state index in [1.807, 2.05) is 0 Å². The standard InChI is InChI=1S/C78H76BN3Si/c1-73(2,3)41-25-29-57-52(32-41)49-20-19-21-51-65-60(80(57)68(49)51)40-56-71-66(65)50-28-24-42(74(4,5)6)36-59(50)81(71)58-30-31-61-72-67(58)79(56)55-35-45(77(13,14)15)33-53-54-34-46(78(16,17)18)39-64(70(54)82(72)69(53)55)83(61)62-37-43(75(7,8)9)22-26-47(62)48-27-23-44(38-63(48)83)76(10,11)12/h19-40H,1-18H3. The van der Waals surface area contributed by atoms with E-state index in [9.17, 15) is 0 Å². The second-order valence-electron chi connectivity index (χ2n) is 32.2. The smallest absolute Gasteiger partial charge is 0.252 e. The first-order valence-electron chi connectivity index (χ1n) is 30.9. The number of aromatic nitrogens is 3. The van der Waals surface area contributed by atoms with Gasteiger partial charge in [-0.25, -0.2) is 0 Å². The molecule has 0 amide bonds. The van der Waals surface area contributed by atoms with Crippen LogP contribution >= 0.6 is 0 Å². The molecule has 0 saturated carbocycles. The Labute approximate surface area is 490 Å². The molecule has 410 valence electrons. The number of hydrogen-bond donors (Lipinski definition) is 0. The summed E-state index contributed by atoms with van der Waals surface area (Å²) in [6.45, 7) is 43.2. The van der Waals surface area contributed by atoms with Gasteiger partial charge in [0.15, 0.2) is 8.07 Å². The van der Waals surface area contributed by atoms with Gasteiger partial charge < -0.3 is 13.5 Å². The van der Waals surface area contributed by atoms with E-state index in [0.717, 1.165) is 0 Å². The molecule has 4 aliphatic heterocycles. The van der Waals surface area contributed by atoms with E-state index < -0.39 is 8.07 Å². The fourth-order valence-corrected chi connectivity index (χ4v) is 22.2. The summed E-state index contributed by atoms with van der Waals surface area (Å²) in [6.07, 6.45) is 0. The average Bonchev–Trinajstić information content (AvgIpc) is 1.55. The molecule has 8 heterocycles. The van der Waals surface area contributed by atoms with Crippen LogP contribution in [0.1, 0.15) is 158 Å². The lowest BCUT2D eigenvalue weighted by molar-refractivity contribution is 0.590. The van der Waals surface area contributed by atoms with Gasteiger partial charge in [0.1, 0.15) is 0 Å². The summed E-state index contributed by atoms with van der Waals surface area (Å²) in [7, 11) is -3.21. The monoisotopic (exact) mass is 1090 g/mol. The van der Waals surface area contributed by atoms with Crippen molar-refractivity contribution in [2.75, 3.05) is 0 Å². The number of hydrogen-bond acceptors (Lipinski definition) is 0. The number of benzene rings is 9. The summed E-state index contributed by atoms with van der Waals surface area (Å²) in [5.41, 5.74) is 27.4. The number of fused-ring (bicyclic) bond motifs is 21. The van der Waals surface area contributed by atoms with E-state index in [1.165, 1.54) is 159 Å². The summed E-state index contributed by atoms with van der Waals surface area (Å²) in [4.78, 5) is 0. The molecular weight excluding hydrogens is 1020 g/mol. The van der Waals surface area contributed by atoms with Crippen LogP contribution in [0.3, 0.4) is 0 Å². The van der Waals surface area contributed by atoms with Crippen molar-refractivity contribution in [3.8, 4) is 22.5 Å². The molecule has 0 aliphatic carbocycles. The highest BCUT2D eigenvalue weighted by Gasteiger charge is 2.57. The quantitative estimate of drug-likeness (QED) is 0.134. The van der Waals surface area contributed by atoms with Crippen molar-refractivity contribution < 1.29 is 0 Å². The first kappa shape index (κ1) is 50.2. The lowest BCUT2D eigenvalue weighted by Gasteiger charge is -2.43. The molecule has 0 fully saturated rings. The highest BCUT2D eigenvalue weighted by molar-refractivity contribution is 7.24. The van der Waals surface area contributed by atoms with Gasteiger partial charge in [-0.05, 0) is 157 Å². The number of rotatable bonds is 0. The third kappa shape index (κ3) is 6.03. The van der Waals surface area contributed by atoms with Crippen molar-refractivity contribution in [3.05, 3.63) is 167 Å². The molecule has 9 aromatic carbocycles. The number of nitrogens with zero attached hydrogens (tertiary/aromatic N) is 3. The molecule has 0 saturated heterocycles. The molecule has 0 N–H and O–H groups in total. The lowest BCUT2D eigenvalue weighted by atomic mass is 9.34. The minimum Gasteiger partial charge on any atom is -0.310 e. The largest absolute Gasteiger partial charge is 0.310 e. The van der Waals surface area contributed by atoms with Crippen LogP contribution in [0.25, 0.3) is 104 Å². The lowest BCUT2D eigenvalue weighted by Crippen LogP contribution is -2.77. The zero-order valence-corrected chi connectivity index (χ0v) is 53.1. The van der Waals surface area contributed by atoms with Gasteiger partial charge in [0.05, 0.1) is 33.1 Å². The van der Waals surface area contributed by atoms with Crippen LogP contribution in [0.5, 0.6) is 0 Å². The molecule has 83 heavy (non-hydrogen) atoms. The van der Waals surface area contributed by atoms with Gasteiger partial charge in [-0.1, -0.05) is 216 Å². The normalized spacial score (nSPS) is 15.4.